The van der Waals surface area contributed by atoms with Crippen molar-refractivity contribution in [2.45, 2.75) is 56.1 Å². The molecule has 2 aliphatic rings. The first-order valence-corrected chi connectivity index (χ1v) is 7.90. The maximum atomic E-state index is 13.9. The summed E-state index contributed by atoms with van der Waals surface area (Å²) in [4.78, 5) is 0. The van der Waals surface area contributed by atoms with Gasteiger partial charge in [0.15, 0.2) is 11.6 Å². The molecule has 2 nitrogen and oxygen atoms in total. The highest BCUT2D eigenvalue weighted by molar-refractivity contribution is 6.17. The van der Waals surface area contributed by atoms with E-state index in [2.05, 4.69) is 0 Å². The van der Waals surface area contributed by atoms with Crippen LogP contribution in [0, 0.1) is 5.82 Å². The van der Waals surface area contributed by atoms with Crippen LogP contribution in [0.1, 0.15) is 44.1 Å². The molecule has 0 amide bonds. The Labute approximate surface area is 124 Å². The number of para-hydroxylation sites is 1. The number of alkyl halides is 1. The number of ether oxygens (including phenoxy) is 2. The molecule has 0 bridgehead atoms. The van der Waals surface area contributed by atoms with E-state index < -0.39 is 0 Å². The van der Waals surface area contributed by atoms with Gasteiger partial charge in [0.25, 0.3) is 0 Å². The minimum Gasteiger partial charge on any atom is -0.487 e. The van der Waals surface area contributed by atoms with Crippen LogP contribution in [0.3, 0.4) is 0 Å². The third kappa shape index (κ3) is 2.79. The van der Waals surface area contributed by atoms with E-state index in [4.69, 9.17) is 21.1 Å². The molecule has 1 aliphatic heterocycles. The van der Waals surface area contributed by atoms with E-state index >= 15 is 0 Å². The van der Waals surface area contributed by atoms with Crippen molar-refractivity contribution in [3.05, 3.63) is 29.6 Å². The average Bonchev–Trinajstić information content (AvgIpc) is 2.89. The van der Waals surface area contributed by atoms with Gasteiger partial charge in [0.1, 0.15) is 6.10 Å². The standard InChI is InChI=1S/C16H20ClFO2/c17-11-12-4-3-5-14(18)15(12)20-13-6-9-19-16(10-13)7-1-2-8-16/h3-5,13H,1-2,6-11H2. The second-order valence-corrected chi connectivity index (χ2v) is 6.10. The van der Waals surface area contributed by atoms with Crippen LogP contribution in [0.15, 0.2) is 18.2 Å². The van der Waals surface area contributed by atoms with Crippen LogP contribution in [0.2, 0.25) is 0 Å². The van der Waals surface area contributed by atoms with E-state index in [0.717, 1.165) is 31.2 Å². The Kier molecular flexibility index (Phi) is 4.18. The molecule has 1 aromatic carbocycles. The van der Waals surface area contributed by atoms with Gasteiger partial charge in [-0.3, -0.25) is 0 Å². The highest BCUT2D eigenvalue weighted by Gasteiger charge is 2.41. The summed E-state index contributed by atoms with van der Waals surface area (Å²) < 4.78 is 25.9. The summed E-state index contributed by atoms with van der Waals surface area (Å²) in [5.41, 5.74) is 0.702. The molecule has 1 atom stereocenters. The van der Waals surface area contributed by atoms with Crippen molar-refractivity contribution in [2.24, 2.45) is 0 Å². The molecule has 1 heterocycles. The number of halogens is 2. The van der Waals surface area contributed by atoms with Gasteiger partial charge >= 0.3 is 0 Å². The Morgan fingerprint density at radius 3 is 2.90 bits per heavy atom. The predicted molar refractivity (Wildman–Crippen MR) is 76.8 cm³/mol. The second-order valence-electron chi connectivity index (χ2n) is 5.83. The van der Waals surface area contributed by atoms with Gasteiger partial charge < -0.3 is 9.47 Å². The molecule has 1 saturated heterocycles. The number of rotatable bonds is 3. The number of hydrogen-bond donors (Lipinski definition) is 0. The lowest BCUT2D eigenvalue weighted by molar-refractivity contribution is -0.108. The Morgan fingerprint density at radius 2 is 2.15 bits per heavy atom. The van der Waals surface area contributed by atoms with E-state index in [0.29, 0.717) is 12.4 Å². The molecule has 0 aromatic heterocycles. The zero-order valence-electron chi connectivity index (χ0n) is 11.5. The molecule has 0 N–H and O–H groups in total. The smallest absolute Gasteiger partial charge is 0.165 e. The maximum absolute atomic E-state index is 13.9. The monoisotopic (exact) mass is 298 g/mol. The van der Waals surface area contributed by atoms with Crippen LogP contribution in [0.25, 0.3) is 0 Å². The second kappa shape index (κ2) is 5.90. The molecule has 20 heavy (non-hydrogen) atoms. The molecular formula is C16H20ClFO2. The zero-order chi connectivity index (χ0) is 14.0. The normalized spacial score (nSPS) is 25.0. The number of benzene rings is 1. The van der Waals surface area contributed by atoms with Crippen molar-refractivity contribution in [2.75, 3.05) is 6.61 Å². The summed E-state index contributed by atoms with van der Waals surface area (Å²) in [6.45, 7) is 0.704. The SMILES string of the molecule is Fc1cccc(CCl)c1OC1CCOC2(CCCC2)C1. The van der Waals surface area contributed by atoms with Gasteiger partial charge in [-0.1, -0.05) is 25.0 Å². The summed E-state index contributed by atoms with van der Waals surface area (Å²) in [6, 6.07) is 4.91. The van der Waals surface area contributed by atoms with Crippen LogP contribution in [-0.2, 0) is 10.6 Å². The summed E-state index contributed by atoms with van der Waals surface area (Å²) in [5, 5.41) is 0. The van der Waals surface area contributed by atoms with E-state index in [1.165, 1.54) is 18.9 Å². The van der Waals surface area contributed by atoms with Gasteiger partial charge in [0, 0.05) is 18.4 Å². The molecule has 1 aromatic rings. The number of hydrogen-bond acceptors (Lipinski definition) is 2. The van der Waals surface area contributed by atoms with Crippen LogP contribution in [0.5, 0.6) is 5.75 Å². The minimum atomic E-state index is -0.324. The third-order valence-electron chi connectivity index (χ3n) is 4.44. The van der Waals surface area contributed by atoms with Gasteiger partial charge in [-0.15, -0.1) is 11.6 Å². The van der Waals surface area contributed by atoms with Crippen LogP contribution < -0.4 is 4.74 Å². The summed E-state index contributed by atoms with van der Waals surface area (Å²) in [7, 11) is 0. The first-order valence-electron chi connectivity index (χ1n) is 7.36. The highest BCUT2D eigenvalue weighted by atomic mass is 35.5. The molecule has 2 fully saturated rings. The fourth-order valence-electron chi connectivity index (χ4n) is 3.41. The quantitative estimate of drug-likeness (QED) is 0.768. The average molecular weight is 299 g/mol. The summed E-state index contributed by atoms with van der Waals surface area (Å²) in [5.74, 6) is 0.263. The Bertz CT molecular complexity index is 472. The lowest BCUT2D eigenvalue weighted by atomic mass is 9.90. The van der Waals surface area contributed by atoms with Crippen LogP contribution in [-0.4, -0.2) is 18.3 Å². The molecular weight excluding hydrogens is 279 g/mol. The van der Waals surface area contributed by atoms with Gasteiger partial charge in [0.2, 0.25) is 0 Å². The fraction of sp³-hybridized carbons (Fsp3) is 0.625. The Morgan fingerprint density at radius 1 is 1.35 bits per heavy atom. The van der Waals surface area contributed by atoms with Crippen molar-refractivity contribution >= 4 is 11.6 Å². The molecule has 1 saturated carbocycles. The van der Waals surface area contributed by atoms with Gasteiger partial charge in [-0.05, 0) is 18.9 Å². The molecule has 4 heteroatoms. The highest BCUT2D eigenvalue weighted by Crippen LogP contribution is 2.41. The largest absolute Gasteiger partial charge is 0.487 e. The van der Waals surface area contributed by atoms with Crippen molar-refractivity contribution in [1.29, 1.82) is 0 Å². The third-order valence-corrected chi connectivity index (χ3v) is 4.73. The summed E-state index contributed by atoms with van der Waals surface area (Å²) in [6.07, 6.45) is 6.36. The van der Waals surface area contributed by atoms with Gasteiger partial charge in [-0.25, -0.2) is 4.39 Å². The lowest BCUT2D eigenvalue weighted by Crippen LogP contribution is -2.41. The molecule has 1 spiro atoms. The van der Waals surface area contributed by atoms with E-state index in [9.17, 15) is 4.39 Å². The minimum absolute atomic E-state index is 0.0186. The summed E-state index contributed by atoms with van der Waals surface area (Å²) >= 11 is 5.87. The topological polar surface area (TPSA) is 18.5 Å². The van der Waals surface area contributed by atoms with Crippen LogP contribution >= 0.6 is 11.6 Å². The molecule has 110 valence electrons. The fourth-order valence-corrected chi connectivity index (χ4v) is 3.62. The van der Waals surface area contributed by atoms with Crippen LogP contribution in [0.4, 0.5) is 4.39 Å². The first-order chi connectivity index (χ1) is 9.72. The molecule has 1 aliphatic carbocycles. The van der Waals surface area contributed by atoms with Crippen molar-refractivity contribution in [1.82, 2.24) is 0 Å². The van der Waals surface area contributed by atoms with E-state index in [-0.39, 0.29) is 23.4 Å². The maximum Gasteiger partial charge on any atom is 0.165 e. The Balaban J connectivity index is 1.74. The molecule has 3 rings (SSSR count). The lowest BCUT2D eigenvalue weighted by Gasteiger charge is -2.38. The molecule has 1 unspecified atom stereocenters. The van der Waals surface area contributed by atoms with Crippen molar-refractivity contribution in [3.8, 4) is 5.75 Å². The zero-order valence-corrected chi connectivity index (χ0v) is 12.3. The van der Waals surface area contributed by atoms with E-state index in [1.54, 1.807) is 6.07 Å². The Hall–Kier alpha value is -0.800. The molecule has 0 radical (unpaired) electrons. The van der Waals surface area contributed by atoms with E-state index in [1.807, 2.05) is 6.07 Å². The predicted octanol–water partition coefficient (Wildman–Crippen LogP) is 4.44. The first kappa shape index (κ1) is 14.2. The van der Waals surface area contributed by atoms with Gasteiger partial charge in [0.05, 0.1) is 18.1 Å². The van der Waals surface area contributed by atoms with Gasteiger partial charge in [-0.2, -0.15) is 0 Å². The van der Waals surface area contributed by atoms with Crippen molar-refractivity contribution < 1.29 is 13.9 Å². The van der Waals surface area contributed by atoms with Crippen molar-refractivity contribution in [3.63, 3.8) is 0 Å².